The van der Waals surface area contributed by atoms with Gasteiger partial charge in [0.1, 0.15) is 6.54 Å². The molecule has 0 spiro atoms. The van der Waals surface area contributed by atoms with Crippen molar-refractivity contribution in [2.45, 2.75) is 25.7 Å². The van der Waals surface area contributed by atoms with Crippen molar-refractivity contribution in [1.29, 1.82) is 0 Å². The van der Waals surface area contributed by atoms with E-state index in [9.17, 15) is 14.4 Å². The van der Waals surface area contributed by atoms with Crippen molar-refractivity contribution in [2.24, 2.45) is 0 Å². The zero-order valence-electron chi connectivity index (χ0n) is 15.8. The quantitative estimate of drug-likeness (QED) is 0.721. The summed E-state index contributed by atoms with van der Waals surface area (Å²) in [5.74, 6) is -0.397. The maximum absolute atomic E-state index is 12.2. The molecule has 1 heterocycles. The molecule has 0 unspecified atom stereocenters. The molecule has 0 aromatic heterocycles. The monoisotopic (exact) mass is 378 g/mol. The number of benzene rings is 1. The molecule has 1 fully saturated rings. The first kappa shape index (κ1) is 20.5. The highest BCUT2D eigenvalue weighted by Crippen LogP contribution is 2.27. The van der Waals surface area contributed by atoms with Gasteiger partial charge in [-0.15, -0.1) is 0 Å². The number of rotatable bonds is 7. The van der Waals surface area contributed by atoms with E-state index in [1.54, 1.807) is 17.0 Å². The Hall–Kier alpha value is -2.77. The second kappa shape index (κ2) is 10.4. The van der Waals surface area contributed by atoms with Crippen molar-refractivity contribution in [1.82, 2.24) is 10.2 Å². The summed E-state index contributed by atoms with van der Waals surface area (Å²) in [5.41, 5.74) is 0.320. The van der Waals surface area contributed by atoms with Crippen LogP contribution in [0.1, 0.15) is 36.0 Å². The average molecular weight is 378 g/mol. The number of amides is 2. The second-order valence-corrected chi connectivity index (χ2v) is 6.21. The first-order chi connectivity index (χ1) is 13.0. The summed E-state index contributed by atoms with van der Waals surface area (Å²) < 4.78 is 15.2. The smallest absolute Gasteiger partial charge is 0.325 e. The number of nitrogens with zero attached hydrogens (tertiary/aromatic N) is 1. The highest BCUT2D eigenvalue weighted by atomic mass is 16.5. The topological polar surface area (TPSA) is 94.2 Å². The van der Waals surface area contributed by atoms with Gasteiger partial charge < -0.3 is 24.4 Å². The third-order valence-corrected chi connectivity index (χ3v) is 4.35. The summed E-state index contributed by atoms with van der Waals surface area (Å²) in [6, 6.07) is 4.68. The minimum Gasteiger partial charge on any atom is -0.493 e. The van der Waals surface area contributed by atoms with E-state index in [4.69, 9.17) is 14.2 Å². The van der Waals surface area contributed by atoms with Crippen LogP contribution in [0.3, 0.4) is 0 Å². The maximum Gasteiger partial charge on any atom is 0.325 e. The molecular formula is C19H26N2O6. The van der Waals surface area contributed by atoms with Crippen molar-refractivity contribution in [3.8, 4) is 11.5 Å². The minimum atomic E-state index is -0.660. The molecule has 0 radical (unpaired) electrons. The van der Waals surface area contributed by atoms with Crippen LogP contribution in [0.4, 0.5) is 0 Å². The Labute approximate surface area is 158 Å². The first-order valence-electron chi connectivity index (χ1n) is 8.98. The van der Waals surface area contributed by atoms with E-state index >= 15 is 0 Å². The second-order valence-electron chi connectivity index (χ2n) is 6.21. The van der Waals surface area contributed by atoms with Gasteiger partial charge in [-0.1, -0.05) is 12.8 Å². The molecule has 0 bridgehead atoms. The van der Waals surface area contributed by atoms with Gasteiger partial charge in [0.25, 0.3) is 11.8 Å². The van der Waals surface area contributed by atoms with Crippen molar-refractivity contribution in [3.05, 3.63) is 23.8 Å². The van der Waals surface area contributed by atoms with Crippen molar-refractivity contribution in [3.63, 3.8) is 0 Å². The predicted molar refractivity (Wildman–Crippen MR) is 97.9 cm³/mol. The number of ether oxygens (including phenoxy) is 3. The third kappa shape index (κ3) is 6.16. The Morgan fingerprint density at radius 2 is 1.67 bits per heavy atom. The van der Waals surface area contributed by atoms with Crippen LogP contribution in [0.2, 0.25) is 0 Å². The van der Waals surface area contributed by atoms with Crippen LogP contribution in [-0.2, 0) is 14.3 Å². The standard InChI is InChI=1S/C19H26N2O6/c1-25-15-8-7-14(11-16(15)26-2)19(24)20-12-18(23)27-13-17(22)21-9-5-3-4-6-10-21/h7-8,11H,3-6,9-10,12-13H2,1-2H3,(H,20,24). The third-order valence-electron chi connectivity index (χ3n) is 4.35. The Kier molecular flexibility index (Phi) is 7.91. The molecule has 1 aliphatic rings. The fourth-order valence-electron chi connectivity index (χ4n) is 2.84. The zero-order chi connectivity index (χ0) is 19.6. The number of carbonyl (C=O) groups excluding carboxylic acids is 3. The van der Waals surface area contributed by atoms with Gasteiger partial charge in [-0.2, -0.15) is 0 Å². The van der Waals surface area contributed by atoms with Crippen molar-refractivity contribution >= 4 is 17.8 Å². The number of hydrogen-bond donors (Lipinski definition) is 1. The number of carbonyl (C=O) groups is 3. The maximum atomic E-state index is 12.2. The van der Waals surface area contributed by atoms with E-state index in [1.165, 1.54) is 20.3 Å². The van der Waals surface area contributed by atoms with Gasteiger partial charge in [0.15, 0.2) is 18.1 Å². The van der Waals surface area contributed by atoms with Gasteiger partial charge in [-0.3, -0.25) is 14.4 Å². The molecule has 1 saturated heterocycles. The lowest BCUT2D eigenvalue weighted by molar-refractivity contribution is -0.151. The van der Waals surface area contributed by atoms with Crippen LogP contribution in [0.5, 0.6) is 11.5 Å². The molecule has 8 heteroatoms. The van der Waals surface area contributed by atoms with Gasteiger partial charge in [0.2, 0.25) is 0 Å². The van der Waals surface area contributed by atoms with E-state index in [-0.39, 0.29) is 19.1 Å². The first-order valence-corrected chi connectivity index (χ1v) is 8.98. The number of esters is 1. The predicted octanol–water partition coefficient (Wildman–Crippen LogP) is 1.38. The molecule has 8 nitrogen and oxygen atoms in total. The highest BCUT2D eigenvalue weighted by molar-refractivity contribution is 5.96. The molecular weight excluding hydrogens is 352 g/mol. The van der Waals surface area contributed by atoms with E-state index in [1.807, 2.05) is 0 Å². The lowest BCUT2D eigenvalue weighted by atomic mass is 10.2. The number of nitrogens with one attached hydrogen (secondary N) is 1. The van der Waals surface area contributed by atoms with E-state index in [2.05, 4.69) is 5.32 Å². The largest absolute Gasteiger partial charge is 0.493 e. The Morgan fingerprint density at radius 1 is 1.00 bits per heavy atom. The molecule has 148 valence electrons. The number of likely N-dealkylation sites (tertiary alicyclic amines) is 1. The van der Waals surface area contributed by atoms with E-state index in [0.29, 0.717) is 30.2 Å². The van der Waals surface area contributed by atoms with Crippen LogP contribution >= 0.6 is 0 Å². The summed E-state index contributed by atoms with van der Waals surface area (Å²) >= 11 is 0. The Balaban J connectivity index is 1.77. The molecule has 1 aliphatic heterocycles. The molecule has 0 atom stereocenters. The lowest BCUT2D eigenvalue weighted by Gasteiger charge is -2.19. The summed E-state index contributed by atoms with van der Waals surface area (Å²) in [6.07, 6.45) is 4.18. The molecule has 1 aromatic rings. The van der Waals surface area contributed by atoms with E-state index < -0.39 is 11.9 Å². The van der Waals surface area contributed by atoms with Crippen LogP contribution in [0.15, 0.2) is 18.2 Å². The van der Waals surface area contributed by atoms with Crippen LogP contribution in [0, 0.1) is 0 Å². The fraction of sp³-hybridized carbons (Fsp3) is 0.526. The minimum absolute atomic E-state index is 0.198. The van der Waals surface area contributed by atoms with Crippen molar-refractivity contribution < 1.29 is 28.6 Å². The Morgan fingerprint density at radius 3 is 2.30 bits per heavy atom. The van der Waals surface area contributed by atoms with Crippen LogP contribution in [-0.4, -0.2) is 63.1 Å². The van der Waals surface area contributed by atoms with Crippen molar-refractivity contribution in [2.75, 3.05) is 40.5 Å². The van der Waals surface area contributed by atoms with Gasteiger partial charge in [0, 0.05) is 18.7 Å². The molecule has 1 aromatic carbocycles. The van der Waals surface area contributed by atoms with Gasteiger partial charge in [-0.05, 0) is 31.0 Å². The molecule has 0 saturated carbocycles. The van der Waals surface area contributed by atoms with Gasteiger partial charge in [0.05, 0.1) is 14.2 Å². The average Bonchev–Trinajstić information content (AvgIpc) is 2.99. The molecule has 2 amide bonds. The molecule has 0 aliphatic carbocycles. The Bertz CT molecular complexity index is 668. The van der Waals surface area contributed by atoms with Gasteiger partial charge >= 0.3 is 5.97 Å². The van der Waals surface area contributed by atoms with Crippen LogP contribution < -0.4 is 14.8 Å². The summed E-state index contributed by atoms with van der Waals surface area (Å²) in [6.45, 7) is 0.782. The van der Waals surface area contributed by atoms with Crippen LogP contribution in [0.25, 0.3) is 0 Å². The zero-order valence-corrected chi connectivity index (χ0v) is 15.8. The summed E-state index contributed by atoms with van der Waals surface area (Å²) in [7, 11) is 2.97. The normalized spacial score (nSPS) is 14.1. The summed E-state index contributed by atoms with van der Waals surface area (Å²) in [5, 5.41) is 2.47. The molecule has 27 heavy (non-hydrogen) atoms. The number of methoxy groups -OCH3 is 2. The van der Waals surface area contributed by atoms with E-state index in [0.717, 1.165) is 25.7 Å². The SMILES string of the molecule is COc1ccc(C(=O)NCC(=O)OCC(=O)N2CCCCCC2)cc1OC. The lowest BCUT2D eigenvalue weighted by Crippen LogP contribution is -2.37. The summed E-state index contributed by atoms with van der Waals surface area (Å²) in [4.78, 5) is 37.8. The van der Waals surface area contributed by atoms with Gasteiger partial charge in [-0.25, -0.2) is 0 Å². The molecule has 2 rings (SSSR count). The fourth-order valence-corrected chi connectivity index (χ4v) is 2.84. The number of hydrogen-bond acceptors (Lipinski definition) is 6. The highest BCUT2D eigenvalue weighted by Gasteiger charge is 2.18. The molecule has 1 N–H and O–H groups in total.